The van der Waals surface area contributed by atoms with Gasteiger partial charge in [0.15, 0.2) is 5.65 Å². The number of fused-ring (bicyclic) bond motifs is 1. The Morgan fingerprint density at radius 1 is 1.04 bits per heavy atom. The first-order chi connectivity index (χ1) is 12.1. The molecule has 3 rings (SSSR count). The van der Waals surface area contributed by atoms with Gasteiger partial charge in [-0.1, -0.05) is 29.8 Å². The predicted molar refractivity (Wildman–Crippen MR) is 98.5 cm³/mol. The summed E-state index contributed by atoms with van der Waals surface area (Å²) in [7, 11) is 0. The molecule has 3 N–H and O–H groups in total. The van der Waals surface area contributed by atoms with Gasteiger partial charge in [0.1, 0.15) is 17.2 Å². The molecule has 2 heterocycles. The highest BCUT2D eigenvalue weighted by molar-refractivity contribution is 5.89. The van der Waals surface area contributed by atoms with Crippen LogP contribution in [0.5, 0.6) is 0 Å². The second-order valence-electron chi connectivity index (χ2n) is 5.62. The Morgan fingerprint density at radius 2 is 1.80 bits per heavy atom. The van der Waals surface area contributed by atoms with Crippen molar-refractivity contribution in [1.29, 1.82) is 0 Å². The lowest BCUT2D eigenvalue weighted by molar-refractivity contribution is 0.252. The average Bonchev–Trinajstić information content (AvgIpc) is 2.61. The van der Waals surface area contributed by atoms with Gasteiger partial charge in [0, 0.05) is 13.1 Å². The molecular formula is C18H20N6O. The van der Waals surface area contributed by atoms with Crippen LogP contribution < -0.4 is 16.0 Å². The number of rotatable bonds is 5. The van der Waals surface area contributed by atoms with Gasteiger partial charge in [-0.3, -0.25) is 5.32 Å². The van der Waals surface area contributed by atoms with Gasteiger partial charge in [-0.25, -0.2) is 19.7 Å². The van der Waals surface area contributed by atoms with Crippen LogP contribution in [0.4, 0.5) is 16.4 Å². The number of carbonyl (C=O) groups excluding carboxylic acids is 1. The third-order valence-electron chi connectivity index (χ3n) is 3.58. The number of carbonyl (C=O) groups is 1. The molecule has 0 saturated heterocycles. The lowest BCUT2D eigenvalue weighted by Crippen LogP contribution is -2.28. The molecule has 2 amide bonds. The second-order valence-corrected chi connectivity index (χ2v) is 5.62. The Labute approximate surface area is 145 Å². The fourth-order valence-electron chi connectivity index (χ4n) is 2.27. The Morgan fingerprint density at radius 3 is 2.56 bits per heavy atom. The predicted octanol–water partition coefficient (Wildman–Crippen LogP) is 3.09. The van der Waals surface area contributed by atoms with Crippen LogP contribution in [0.15, 0.2) is 42.6 Å². The molecule has 3 aromatic rings. The maximum absolute atomic E-state index is 11.6. The van der Waals surface area contributed by atoms with E-state index in [0.717, 1.165) is 5.56 Å². The highest BCUT2D eigenvalue weighted by Gasteiger charge is 2.05. The molecule has 0 unspecified atom stereocenters. The molecule has 0 aliphatic rings. The van der Waals surface area contributed by atoms with Crippen LogP contribution in [0.3, 0.4) is 0 Å². The van der Waals surface area contributed by atoms with Crippen LogP contribution in [0.2, 0.25) is 0 Å². The van der Waals surface area contributed by atoms with Gasteiger partial charge in [-0.2, -0.15) is 0 Å². The number of hydrogen-bond acceptors (Lipinski definition) is 5. The second kappa shape index (κ2) is 7.57. The van der Waals surface area contributed by atoms with Gasteiger partial charge in [0.05, 0.1) is 6.20 Å². The number of hydrogen-bond donors (Lipinski definition) is 3. The molecule has 7 heteroatoms. The quantitative estimate of drug-likeness (QED) is 0.666. The lowest BCUT2D eigenvalue weighted by atomic mass is 10.1. The zero-order valence-electron chi connectivity index (χ0n) is 14.2. The van der Waals surface area contributed by atoms with E-state index < -0.39 is 0 Å². The summed E-state index contributed by atoms with van der Waals surface area (Å²) in [4.78, 5) is 24.7. The number of amides is 2. The van der Waals surface area contributed by atoms with Crippen molar-refractivity contribution in [3.05, 3.63) is 53.7 Å². The topological polar surface area (TPSA) is 91.8 Å². The monoisotopic (exact) mass is 336 g/mol. The summed E-state index contributed by atoms with van der Waals surface area (Å²) < 4.78 is 0. The Hall–Kier alpha value is -3.22. The van der Waals surface area contributed by atoms with Crippen LogP contribution in [0.25, 0.3) is 11.2 Å². The van der Waals surface area contributed by atoms with Gasteiger partial charge in [0.2, 0.25) is 0 Å². The van der Waals surface area contributed by atoms with E-state index in [2.05, 4.69) is 62.1 Å². The van der Waals surface area contributed by atoms with Crippen molar-refractivity contribution in [2.75, 3.05) is 17.2 Å². The number of urea groups is 1. The third kappa shape index (κ3) is 4.41. The molecule has 0 bridgehead atoms. The Bertz CT molecular complexity index is 878. The van der Waals surface area contributed by atoms with E-state index in [4.69, 9.17) is 0 Å². The van der Waals surface area contributed by atoms with Gasteiger partial charge in [-0.05, 0) is 31.5 Å². The summed E-state index contributed by atoms with van der Waals surface area (Å²) in [6.45, 7) is 5.11. The van der Waals surface area contributed by atoms with Gasteiger partial charge >= 0.3 is 6.03 Å². The fourth-order valence-corrected chi connectivity index (χ4v) is 2.27. The summed E-state index contributed by atoms with van der Waals surface area (Å²) >= 11 is 0. The maximum atomic E-state index is 11.6. The summed E-state index contributed by atoms with van der Waals surface area (Å²) in [5, 5.41) is 8.57. The average molecular weight is 336 g/mol. The molecule has 1 aromatic carbocycles. The van der Waals surface area contributed by atoms with Crippen molar-refractivity contribution in [2.45, 2.75) is 20.4 Å². The molecule has 0 radical (unpaired) electrons. The molecule has 0 fully saturated rings. The molecule has 7 nitrogen and oxygen atoms in total. The minimum Gasteiger partial charge on any atom is -0.365 e. The van der Waals surface area contributed by atoms with E-state index in [1.807, 2.05) is 6.92 Å². The zero-order chi connectivity index (χ0) is 17.6. The molecule has 2 aromatic heterocycles. The fraction of sp³-hybridized carbons (Fsp3) is 0.222. The molecule has 0 spiro atoms. The van der Waals surface area contributed by atoms with E-state index in [1.54, 1.807) is 18.3 Å². The summed E-state index contributed by atoms with van der Waals surface area (Å²) in [6.07, 6.45) is 1.68. The molecular weight excluding hydrogens is 316 g/mol. The highest BCUT2D eigenvalue weighted by Crippen LogP contribution is 2.14. The Balaban J connectivity index is 1.73. The van der Waals surface area contributed by atoms with Crippen LogP contribution >= 0.6 is 0 Å². The Kier molecular flexibility index (Phi) is 5.03. The van der Waals surface area contributed by atoms with E-state index in [1.165, 1.54) is 5.56 Å². The van der Waals surface area contributed by atoms with Crippen molar-refractivity contribution >= 4 is 28.8 Å². The normalized spacial score (nSPS) is 10.5. The van der Waals surface area contributed by atoms with Crippen LogP contribution in [0, 0.1) is 6.92 Å². The summed E-state index contributed by atoms with van der Waals surface area (Å²) in [6, 6.07) is 11.5. The standard InChI is InChI=1S/C18H20N6O/c1-3-19-18(25)24-15-9-8-14-17(22-15)23-16(11-20-14)21-10-13-6-4-12(2)5-7-13/h4-9,11H,3,10H2,1-2H3,(H3,19,21,22,23,24,25). The van der Waals surface area contributed by atoms with Crippen LogP contribution in [-0.2, 0) is 6.54 Å². The number of benzene rings is 1. The minimum atomic E-state index is -0.295. The number of aryl methyl sites for hydroxylation is 1. The molecule has 25 heavy (non-hydrogen) atoms. The van der Waals surface area contributed by atoms with Crippen molar-refractivity contribution in [1.82, 2.24) is 20.3 Å². The van der Waals surface area contributed by atoms with E-state index in [-0.39, 0.29) is 6.03 Å². The number of aromatic nitrogens is 3. The van der Waals surface area contributed by atoms with Crippen LogP contribution in [0.1, 0.15) is 18.1 Å². The van der Waals surface area contributed by atoms with Crippen LogP contribution in [-0.4, -0.2) is 27.5 Å². The SMILES string of the molecule is CCNC(=O)Nc1ccc2ncc(NCc3ccc(C)cc3)nc2n1. The van der Waals surface area contributed by atoms with E-state index >= 15 is 0 Å². The van der Waals surface area contributed by atoms with Gasteiger partial charge in [-0.15, -0.1) is 0 Å². The molecule has 0 atom stereocenters. The van der Waals surface area contributed by atoms with Gasteiger partial charge in [0.25, 0.3) is 0 Å². The zero-order valence-corrected chi connectivity index (χ0v) is 14.2. The van der Waals surface area contributed by atoms with Crippen molar-refractivity contribution in [2.24, 2.45) is 0 Å². The molecule has 0 aliphatic heterocycles. The van der Waals surface area contributed by atoms with E-state index in [0.29, 0.717) is 35.9 Å². The molecule has 0 aliphatic carbocycles. The number of nitrogens with zero attached hydrogens (tertiary/aromatic N) is 3. The number of nitrogens with one attached hydrogen (secondary N) is 3. The number of anilines is 2. The van der Waals surface area contributed by atoms with E-state index in [9.17, 15) is 4.79 Å². The molecule has 0 saturated carbocycles. The van der Waals surface area contributed by atoms with Gasteiger partial charge < -0.3 is 10.6 Å². The summed E-state index contributed by atoms with van der Waals surface area (Å²) in [5.74, 6) is 1.07. The van der Waals surface area contributed by atoms with Crippen molar-refractivity contribution in [3.63, 3.8) is 0 Å². The van der Waals surface area contributed by atoms with Crippen molar-refractivity contribution < 1.29 is 4.79 Å². The van der Waals surface area contributed by atoms with Crippen molar-refractivity contribution in [3.8, 4) is 0 Å². The molecule has 128 valence electrons. The minimum absolute atomic E-state index is 0.295. The lowest BCUT2D eigenvalue weighted by Gasteiger charge is -2.08. The largest absolute Gasteiger partial charge is 0.365 e. The third-order valence-corrected chi connectivity index (χ3v) is 3.58. The first-order valence-corrected chi connectivity index (χ1v) is 8.12. The number of pyridine rings is 1. The summed E-state index contributed by atoms with van der Waals surface area (Å²) in [5.41, 5.74) is 3.53. The first-order valence-electron chi connectivity index (χ1n) is 8.12. The maximum Gasteiger partial charge on any atom is 0.320 e. The first kappa shape index (κ1) is 16.6. The smallest absolute Gasteiger partial charge is 0.320 e. The highest BCUT2D eigenvalue weighted by atomic mass is 16.2.